The highest BCUT2D eigenvalue weighted by Gasteiger charge is 2.35. The number of carbonyl (C=O) groups excluding carboxylic acids is 2. The topological polar surface area (TPSA) is 100 Å². The molecule has 0 spiro atoms. The number of aryl methyl sites for hydroxylation is 1. The van der Waals surface area contributed by atoms with E-state index in [2.05, 4.69) is 0 Å². The van der Waals surface area contributed by atoms with E-state index in [-0.39, 0.29) is 24.2 Å². The SMILES string of the molecule is CCOC(=O)C1=C(c2ccccc2)N=c2s/c(=C/c3ccc(-c4ccc(C(=O)OC(C)C)cc4C)o3)c(=O)n2[C@@H]1c1cccs1. The van der Waals surface area contributed by atoms with E-state index in [4.69, 9.17) is 18.9 Å². The molecule has 0 saturated heterocycles. The number of esters is 2. The maximum atomic E-state index is 14.0. The van der Waals surface area contributed by atoms with Gasteiger partial charge < -0.3 is 13.9 Å². The molecule has 0 fully saturated rings. The lowest BCUT2D eigenvalue weighted by Gasteiger charge is -2.24. The van der Waals surface area contributed by atoms with E-state index in [9.17, 15) is 14.4 Å². The van der Waals surface area contributed by atoms with E-state index in [1.165, 1.54) is 22.7 Å². The first-order valence-electron chi connectivity index (χ1n) is 14.5. The highest BCUT2D eigenvalue weighted by molar-refractivity contribution is 7.10. The van der Waals surface area contributed by atoms with Crippen LogP contribution in [0.5, 0.6) is 0 Å². The van der Waals surface area contributed by atoms with Gasteiger partial charge in [-0.05, 0) is 69.0 Å². The molecule has 4 heterocycles. The van der Waals surface area contributed by atoms with Crippen LogP contribution >= 0.6 is 22.7 Å². The monoisotopic (exact) mass is 638 g/mol. The molecule has 0 unspecified atom stereocenters. The van der Waals surface area contributed by atoms with Crippen molar-refractivity contribution in [2.75, 3.05) is 6.61 Å². The fraction of sp³-hybridized carbons (Fsp3) is 0.200. The molecule has 228 valence electrons. The van der Waals surface area contributed by atoms with Crippen molar-refractivity contribution in [1.82, 2.24) is 4.57 Å². The predicted octanol–water partition coefficient (Wildman–Crippen LogP) is 6.13. The first-order valence-corrected chi connectivity index (χ1v) is 16.2. The first-order chi connectivity index (χ1) is 21.7. The fourth-order valence-corrected chi connectivity index (χ4v) is 7.01. The fourth-order valence-electron chi connectivity index (χ4n) is 5.21. The third-order valence-corrected chi connectivity index (χ3v) is 9.06. The second-order valence-electron chi connectivity index (χ2n) is 10.6. The molecule has 8 nitrogen and oxygen atoms in total. The Hall–Kier alpha value is -4.80. The number of thiazole rings is 1. The molecule has 0 aliphatic carbocycles. The Balaban J connectivity index is 1.44. The van der Waals surface area contributed by atoms with E-state index < -0.39 is 12.0 Å². The Labute approximate surface area is 267 Å². The number of carbonyl (C=O) groups is 2. The molecule has 0 radical (unpaired) electrons. The highest BCUT2D eigenvalue weighted by Crippen LogP contribution is 2.37. The van der Waals surface area contributed by atoms with Gasteiger partial charge >= 0.3 is 11.9 Å². The van der Waals surface area contributed by atoms with Gasteiger partial charge in [0.2, 0.25) is 0 Å². The molecule has 1 aliphatic rings. The van der Waals surface area contributed by atoms with Gasteiger partial charge in [-0.2, -0.15) is 0 Å². The van der Waals surface area contributed by atoms with Crippen molar-refractivity contribution in [1.29, 1.82) is 0 Å². The molecule has 0 N–H and O–H groups in total. The summed E-state index contributed by atoms with van der Waals surface area (Å²) in [5, 5.41) is 1.92. The van der Waals surface area contributed by atoms with E-state index in [1.54, 1.807) is 35.8 Å². The molecular weight excluding hydrogens is 609 g/mol. The van der Waals surface area contributed by atoms with Crippen LogP contribution in [-0.2, 0) is 14.3 Å². The van der Waals surface area contributed by atoms with E-state index >= 15 is 0 Å². The number of aromatic nitrogens is 1. The number of fused-ring (bicyclic) bond motifs is 1. The van der Waals surface area contributed by atoms with Gasteiger partial charge in [-0.3, -0.25) is 9.36 Å². The summed E-state index contributed by atoms with van der Waals surface area (Å²) < 4.78 is 19.0. The largest absolute Gasteiger partial charge is 0.463 e. The Morgan fingerprint density at radius 2 is 1.84 bits per heavy atom. The van der Waals surface area contributed by atoms with Crippen molar-refractivity contribution in [3.05, 3.63) is 131 Å². The first kappa shape index (κ1) is 30.2. The second kappa shape index (κ2) is 12.7. The number of hydrogen-bond donors (Lipinski definition) is 0. The zero-order chi connectivity index (χ0) is 31.7. The summed E-state index contributed by atoms with van der Waals surface area (Å²) in [7, 11) is 0. The zero-order valence-corrected chi connectivity index (χ0v) is 26.7. The van der Waals surface area contributed by atoms with Crippen LogP contribution in [0, 0.1) is 6.92 Å². The van der Waals surface area contributed by atoms with Gasteiger partial charge in [-0.15, -0.1) is 11.3 Å². The molecular formula is C35H30N2O6S2. The van der Waals surface area contributed by atoms with Crippen LogP contribution in [0.1, 0.15) is 58.9 Å². The van der Waals surface area contributed by atoms with Crippen LogP contribution in [0.4, 0.5) is 0 Å². The normalized spacial score (nSPS) is 14.8. The van der Waals surface area contributed by atoms with Gasteiger partial charge in [0.15, 0.2) is 4.80 Å². The summed E-state index contributed by atoms with van der Waals surface area (Å²) in [5.41, 5.74) is 3.42. The van der Waals surface area contributed by atoms with Crippen molar-refractivity contribution in [2.24, 2.45) is 4.99 Å². The summed E-state index contributed by atoms with van der Waals surface area (Å²) in [4.78, 5) is 46.0. The summed E-state index contributed by atoms with van der Waals surface area (Å²) in [6.45, 7) is 7.47. The molecule has 5 aromatic rings. The molecule has 6 rings (SSSR count). The lowest BCUT2D eigenvalue weighted by atomic mass is 9.97. The molecule has 10 heteroatoms. The number of rotatable bonds is 8. The molecule has 1 aliphatic heterocycles. The van der Waals surface area contributed by atoms with Crippen LogP contribution in [0.3, 0.4) is 0 Å². The Bertz CT molecular complexity index is 2100. The number of furan rings is 1. The highest BCUT2D eigenvalue weighted by atomic mass is 32.1. The van der Waals surface area contributed by atoms with Crippen molar-refractivity contribution in [3.8, 4) is 11.3 Å². The number of ether oxygens (including phenoxy) is 2. The average molecular weight is 639 g/mol. The van der Waals surface area contributed by atoms with E-state index in [0.717, 1.165) is 21.6 Å². The quantitative estimate of drug-likeness (QED) is 0.190. The van der Waals surface area contributed by atoms with Gasteiger partial charge in [-0.25, -0.2) is 14.6 Å². The Morgan fingerprint density at radius 1 is 1.04 bits per heavy atom. The summed E-state index contributed by atoms with van der Waals surface area (Å²) in [5.74, 6) is 0.195. The van der Waals surface area contributed by atoms with Crippen LogP contribution in [0.15, 0.2) is 98.0 Å². The number of benzene rings is 2. The summed E-state index contributed by atoms with van der Waals surface area (Å²) in [6, 6.07) is 21.5. The van der Waals surface area contributed by atoms with Gasteiger partial charge in [0, 0.05) is 22.1 Å². The van der Waals surface area contributed by atoms with Crippen molar-refractivity contribution in [3.63, 3.8) is 0 Å². The molecule has 2 aromatic carbocycles. The third-order valence-electron chi connectivity index (χ3n) is 7.16. The van der Waals surface area contributed by atoms with E-state index in [0.29, 0.717) is 37.7 Å². The second-order valence-corrected chi connectivity index (χ2v) is 12.6. The maximum Gasteiger partial charge on any atom is 0.338 e. The molecule has 0 amide bonds. The minimum atomic E-state index is -0.701. The third kappa shape index (κ3) is 5.99. The summed E-state index contributed by atoms with van der Waals surface area (Å²) in [6.07, 6.45) is 1.48. The van der Waals surface area contributed by atoms with Gasteiger partial charge in [0.25, 0.3) is 5.56 Å². The molecule has 45 heavy (non-hydrogen) atoms. The Kier molecular flexibility index (Phi) is 8.51. The van der Waals surface area contributed by atoms with Crippen molar-refractivity contribution >= 4 is 46.4 Å². The van der Waals surface area contributed by atoms with Crippen LogP contribution in [0.2, 0.25) is 0 Å². The molecule has 3 aromatic heterocycles. The van der Waals surface area contributed by atoms with Gasteiger partial charge in [0.05, 0.1) is 34.1 Å². The van der Waals surface area contributed by atoms with Crippen molar-refractivity contribution in [2.45, 2.75) is 39.8 Å². The van der Waals surface area contributed by atoms with Gasteiger partial charge in [-0.1, -0.05) is 53.8 Å². The van der Waals surface area contributed by atoms with Crippen molar-refractivity contribution < 1.29 is 23.5 Å². The molecule has 1 atom stereocenters. The zero-order valence-electron chi connectivity index (χ0n) is 25.1. The standard InChI is InChI=1S/C35H30N2O6S2/c1-5-41-34(40)29-30(22-10-7-6-8-11-22)36-35-37(31(29)27-12-9-17-44-27)32(38)28(45-35)19-24-14-16-26(43-24)25-15-13-23(18-21(25)4)33(39)42-20(2)3/h6-20,31H,5H2,1-4H3/b28-19+/t31-/m1/s1. The van der Waals surface area contributed by atoms with Crippen LogP contribution in [-0.4, -0.2) is 29.2 Å². The lowest BCUT2D eigenvalue weighted by molar-refractivity contribution is -0.138. The van der Waals surface area contributed by atoms with E-state index in [1.807, 2.05) is 80.7 Å². The lowest BCUT2D eigenvalue weighted by Crippen LogP contribution is -2.39. The molecule has 0 saturated carbocycles. The minimum absolute atomic E-state index is 0.192. The van der Waals surface area contributed by atoms with Crippen LogP contribution in [0.25, 0.3) is 23.1 Å². The Morgan fingerprint density at radius 3 is 2.53 bits per heavy atom. The number of nitrogens with zero attached hydrogens (tertiary/aromatic N) is 2. The van der Waals surface area contributed by atoms with Gasteiger partial charge in [0.1, 0.15) is 17.6 Å². The smallest absolute Gasteiger partial charge is 0.338 e. The van der Waals surface area contributed by atoms with Crippen LogP contribution < -0.4 is 14.9 Å². The average Bonchev–Trinajstić information content (AvgIpc) is 3.78. The minimum Gasteiger partial charge on any atom is -0.463 e. The molecule has 0 bridgehead atoms. The maximum absolute atomic E-state index is 14.0. The number of hydrogen-bond acceptors (Lipinski definition) is 9. The predicted molar refractivity (Wildman–Crippen MR) is 175 cm³/mol. The summed E-state index contributed by atoms with van der Waals surface area (Å²) >= 11 is 2.70. The number of thiophene rings is 1.